The third-order valence-electron chi connectivity index (χ3n) is 2.98. The van der Waals surface area contributed by atoms with Crippen LogP contribution in [-0.4, -0.2) is 32.2 Å². The molecule has 0 saturated heterocycles. The second-order valence-corrected chi connectivity index (χ2v) is 5.24. The Kier molecular flexibility index (Phi) is 4.10. The van der Waals surface area contributed by atoms with Crippen LogP contribution in [0.3, 0.4) is 0 Å². The van der Waals surface area contributed by atoms with Gasteiger partial charge in [-0.25, -0.2) is 14.0 Å². The quantitative estimate of drug-likeness (QED) is 0.536. The van der Waals surface area contributed by atoms with Gasteiger partial charge in [0.05, 0.1) is 4.47 Å². The molecule has 0 aliphatic carbocycles. The number of nitrogens with two attached hydrogens (primary N) is 1. The first-order chi connectivity index (χ1) is 10.6. The fraction of sp³-hybridized carbons (Fsp3) is 0. The second-order valence-electron chi connectivity index (χ2n) is 4.39. The normalized spacial score (nSPS) is 10.5. The molecule has 0 spiro atoms. The Morgan fingerprint density at radius 2 is 1.74 bits per heavy atom. The summed E-state index contributed by atoms with van der Waals surface area (Å²) >= 11 is 2.82. The Morgan fingerprint density at radius 1 is 1.17 bits per heavy atom. The van der Waals surface area contributed by atoms with Gasteiger partial charge in [0, 0.05) is 11.1 Å². The van der Waals surface area contributed by atoms with Crippen molar-refractivity contribution in [2.45, 2.75) is 0 Å². The lowest BCUT2D eigenvalue weighted by molar-refractivity contribution is 0.0695. The van der Waals surface area contributed by atoms with E-state index in [-0.39, 0.29) is 4.47 Å². The largest absolute Gasteiger partial charge is 0.507 e. The number of aromatic nitrogens is 1. The number of phenols is 1. The number of phenolic OH excluding ortho intramolecular Hbond substituents is 1. The number of carbonyl (C=O) groups is 2. The number of H-pyrrole nitrogens is 1. The first kappa shape index (κ1) is 16.5. The third kappa shape index (κ3) is 2.75. The highest BCUT2D eigenvalue weighted by Crippen LogP contribution is 2.37. The van der Waals surface area contributed by atoms with Gasteiger partial charge in [-0.3, -0.25) is 4.79 Å². The molecule has 23 heavy (non-hydrogen) atoms. The molecule has 2 aromatic rings. The van der Waals surface area contributed by atoms with E-state index in [9.17, 15) is 34.1 Å². The Bertz CT molecular complexity index is 908. The minimum Gasteiger partial charge on any atom is -0.507 e. The van der Waals surface area contributed by atoms with E-state index in [1.165, 1.54) is 0 Å². The molecule has 0 fully saturated rings. The highest BCUT2D eigenvalue weighted by Gasteiger charge is 2.28. The molecular weight excluding hydrogens is 379 g/mol. The molecule has 1 aromatic carbocycles. The van der Waals surface area contributed by atoms with E-state index in [0.717, 1.165) is 6.07 Å². The van der Waals surface area contributed by atoms with Crippen molar-refractivity contribution in [2.75, 3.05) is 5.73 Å². The summed E-state index contributed by atoms with van der Waals surface area (Å²) in [6.45, 7) is 0. The van der Waals surface area contributed by atoms with Crippen molar-refractivity contribution in [3.8, 4) is 16.9 Å². The highest BCUT2D eigenvalue weighted by atomic mass is 79.9. The standard InChI is InChI=1S/C13H8BrFN2O6/c14-4-2-6(18)3(1-5(4)15)7-8(12(20)21)10(16)17-11(19)9(7)13(22)23/h1-2,18H,(H,20,21)(H,22,23)(H3,16,17,19). The molecule has 1 heterocycles. The molecule has 8 nitrogen and oxygen atoms in total. The molecular formula is C13H8BrFN2O6. The molecule has 0 radical (unpaired) electrons. The zero-order valence-electron chi connectivity index (χ0n) is 11.1. The number of carboxylic acids is 2. The maximum Gasteiger partial charge on any atom is 0.342 e. The number of rotatable bonds is 3. The smallest absolute Gasteiger partial charge is 0.342 e. The predicted octanol–water partition coefficient (Wildman–Crippen LogP) is 1.63. The predicted molar refractivity (Wildman–Crippen MR) is 80.2 cm³/mol. The average Bonchev–Trinajstić information content (AvgIpc) is 2.40. The molecule has 0 bridgehead atoms. The minimum absolute atomic E-state index is 0.134. The lowest BCUT2D eigenvalue weighted by atomic mass is 9.94. The number of nitrogens with one attached hydrogen (secondary N) is 1. The molecule has 10 heteroatoms. The van der Waals surface area contributed by atoms with E-state index in [1.807, 2.05) is 4.98 Å². The summed E-state index contributed by atoms with van der Waals surface area (Å²) < 4.78 is 13.6. The Labute approximate surface area is 135 Å². The van der Waals surface area contributed by atoms with Crippen LogP contribution in [0.25, 0.3) is 11.1 Å². The number of hydrogen-bond acceptors (Lipinski definition) is 5. The van der Waals surface area contributed by atoms with Crippen LogP contribution in [-0.2, 0) is 0 Å². The van der Waals surface area contributed by atoms with Crippen molar-refractivity contribution >= 4 is 33.7 Å². The van der Waals surface area contributed by atoms with Gasteiger partial charge in [-0.15, -0.1) is 0 Å². The number of nitrogen functional groups attached to an aromatic ring is 1. The fourth-order valence-electron chi connectivity index (χ4n) is 2.05. The van der Waals surface area contributed by atoms with Gasteiger partial charge < -0.3 is 26.0 Å². The lowest BCUT2D eigenvalue weighted by Crippen LogP contribution is -2.24. The van der Waals surface area contributed by atoms with Gasteiger partial charge in [-0.1, -0.05) is 0 Å². The summed E-state index contributed by atoms with van der Waals surface area (Å²) in [5.41, 5.74) is 1.34. The van der Waals surface area contributed by atoms with Gasteiger partial charge in [-0.2, -0.15) is 0 Å². The van der Waals surface area contributed by atoms with Crippen LogP contribution < -0.4 is 11.3 Å². The number of hydrogen-bond donors (Lipinski definition) is 5. The van der Waals surface area contributed by atoms with Crippen LogP contribution in [0, 0.1) is 5.82 Å². The number of aromatic amines is 1. The van der Waals surface area contributed by atoms with Gasteiger partial charge in [0.1, 0.15) is 28.5 Å². The van der Waals surface area contributed by atoms with Crippen LogP contribution in [0.1, 0.15) is 20.7 Å². The maximum atomic E-state index is 13.7. The van der Waals surface area contributed by atoms with Crippen LogP contribution in [0.2, 0.25) is 0 Å². The summed E-state index contributed by atoms with van der Waals surface area (Å²) in [7, 11) is 0. The van der Waals surface area contributed by atoms with E-state index in [4.69, 9.17) is 5.73 Å². The van der Waals surface area contributed by atoms with E-state index >= 15 is 0 Å². The number of benzene rings is 1. The van der Waals surface area contributed by atoms with Crippen molar-refractivity contribution in [3.05, 3.63) is 43.9 Å². The highest BCUT2D eigenvalue weighted by molar-refractivity contribution is 9.10. The van der Waals surface area contributed by atoms with E-state index < -0.39 is 57.1 Å². The van der Waals surface area contributed by atoms with Crippen molar-refractivity contribution < 1.29 is 29.3 Å². The summed E-state index contributed by atoms with van der Waals surface area (Å²) in [6, 6.07) is 1.60. The molecule has 0 aliphatic heterocycles. The zero-order valence-corrected chi connectivity index (χ0v) is 12.6. The summed E-state index contributed by atoms with van der Waals surface area (Å²) in [4.78, 5) is 36.4. The van der Waals surface area contributed by atoms with Gasteiger partial charge in [-0.05, 0) is 28.1 Å². The molecule has 120 valence electrons. The number of aromatic hydroxyl groups is 1. The monoisotopic (exact) mass is 386 g/mol. The summed E-state index contributed by atoms with van der Waals surface area (Å²) in [5, 5.41) is 28.3. The second kappa shape index (κ2) is 5.72. The molecule has 0 atom stereocenters. The van der Waals surface area contributed by atoms with Crippen LogP contribution >= 0.6 is 15.9 Å². The van der Waals surface area contributed by atoms with Gasteiger partial charge in [0.25, 0.3) is 5.56 Å². The number of anilines is 1. The van der Waals surface area contributed by atoms with Crippen LogP contribution in [0.5, 0.6) is 5.75 Å². The molecule has 1 aromatic heterocycles. The number of carboxylic acid groups (broad SMARTS) is 2. The molecule has 0 aliphatic rings. The van der Waals surface area contributed by atoms with E-state index in [2.05, 4.69) is 15.9 Å². The Hall–Kier alpha value is -2.88. The van der Waals surface area contributed by atoms with E-state index in [0.29, 0.717) is 6.07 Å². The van der Waals surface area contributed by atoms with Gasteiger partial charge >= 0.3 is 11.9 Å². The first-order valence-corrected chi connectivity index (χ1v) is 6.65. The number of halogens is 2. The number of aromatic carboxylic acids is 2. The SMILES string of the molecule is Nc1[nH]c(=O)c(C(=O)O)c(-c2cc(F)c(Br)cc2O)c1C(=O)O. The molecule has 0 amide bonds. The minimum atomic E-state index is -1.76. The van der Waals surface area contributed by atoms with Crippen LogP contribution in [0.15, 0.2) is 21.4 Å². The van der Waals surface area contributed by atoms with Gasteiger partial charge in [0.15, 0.2) is 0 Å². The van der Waals surface area contributed by atoms with Crippen molar-refractivity contribution in [3.63, 3.8) is 0 Å². The van der Waals surface area contributed by atoms with Crippen molar-refractivity contribution in [1.29, 1.82) is 0 Å². The zero-order chi connectivity index (χ0) is 17.5. The average molecular weight is 387 g/mol. The van der Waals surface area contributed by atoms with Crippen molar-refractivity contribution in [2.24, 2.45) is 0 Å². The van der Waals surface area contributed by atoms with Gasteiger partial charge in [0.2, 0.25) is 0 Å². The lowest BCUT2D eigenvalue weighted by Gasteiger charge is -2.13. The number of pyridine rings is 1. The molecule has 6 N–H and O–H groups in total. The molecule has 2 rings (SSSR count). The summed E-state index contributed by atoms with van der Waals surface area (Å²) in [6.07, 6.45) is 0. The summed E-state index contributed by atoms with van der Waals surface area (Å²) in [5.74, 6) is -5.56. The third-order valence-corrected chi connectivity index (χ3v) is 3.59. The fourth-order valence-corrected chi connectivity index (χ4v) is 2.38. The Morgan fingerprint density at radius 3 is 2.26 bits per heavy atom. The van der Waals surface area contributed by atoms with Crippen LogP contribution in [0.4, 0.5) is 10.2 Å². The molecule has 0 saturated carbocycles. The topological polar surface area (TPSA) is 154 Å². The van der Waals surface area contributed by atoms with Crippen molar-refractivity contribution in [1.82, 2.24) is 4.98 Å². The maximum absolute atomic E-state index is 13.7. The Balaban J connectivity index is 3.06. The molecule has 0 unspecified atom stereocenters. The first-order valence-electron chi connectivity index (χ1n) is 5.85. The van der Waals surface area contributed by atoms with E-state index in [1.54, 1.807) is 0 Å².